The molecule has 0 amide bonds. The van der Waals surface area contributed by atoms with Gasteiger partial charge in [0.25, 0.3) is 11.1 Å². The lowest BCUT2D eigenvalue weighted by atomic mass is 10.2. The van der Waals surface area contributed by atoms with Crippen molar-refractivity contribution >= 4 is 10.8 Å². The van der Waals surface area contributed by atoms with E-state index in [1.54, 1.807) is 24.3 Å². The van der Waals surface area contributed by atoms with Crippen molar-refractivity contribution < 1.29 is 4.74 Å². The van der Waals surface area contributed by atoms with Gasteiger partial charge < -0.3 is 4.74 Å². The average Bonchev–Trinajstić information content (AvgIpc) is 3.10. The Labute approximate surface area is 90.3 Å². The van der Waals surface area contributed by atoms with E-state index < -0.39 is 0 Å². The van der Waals surface area contributed by atoms with E-state index in [4.69, 9.17) is 4.74 Å². The van der Waals surface area contributed by atoms with E-state index in [9.17, 15) is 9.59 Å². The molecule has 1 aromatic carbocycles. The molecule has 0 bridgehead atoms. The van der Waals surface area contributed by atoms with Gasteiger partial charge in [0.1, 0.15) is 6.10 Å². The Bertz CT molecular complexity index is 652. The molecule has 1 aliphatic rings. The molecule has 1 aliphatic heterocycles. The number of aromatic amines is 1. The summed E-state index contributed by atoms with van der Waals surface area (Å²) in [5, 5.41) is 3.44. The number of H-pyrrole nitrogens is 1. The molecule has 2 heterocycles. The minimum Gasteiger partial charge on any atom is -0.371 e. The van der Waals surface area contributed by atoms with Crippen molar-refractivity contribution in [2.45, 2.75) is 12.6 Å². The molecule has 16 heavy (non-hydrogen) atoms. The molecule has 1 aromatic heterocycles. The summed E-state index contributed by atoms with van der Waals surface area (Å²) in [5.41, 5.74) is -0.415. The predicted octanol–water partition coefficient (Wildman–Crippen LogP) is 0.0886. The quantitative estimate of drug-likeness (QED) is 0.726. The normalized spacial score (nSPS) is 18.9. The van der Waals surface area contributed by atoms with Crippen LogP contribution < -0.4 is 11.1 Å². The molecule has 2 aromatic rings. The van der Waals surface area contributed by atoms with Gasteiger partial charge in [0.05, 0.1) is 23.9 Å². The molecule has 0 aliphatic carbocycles. The maximum atomic E-state index is 12.0. The Balaban J connectivity index is 2.27. The second-order valence-electron chi connectivity index (χ2n) is 3.86. The lowest BCUT2D eigenvalue weighted by Gasteiger charge is -2.04. The van der Waals surface area contributed by atoms with Crippen LogP contribution in [0.4, 0.5) is 0 Å². The van der Waals surface area contributed by atoms with Gasteiger partial charge in [-0.05, 0) is 12.1 Å². The molecule has 1 N–H and O–H groups in total. The molecule has 82 valence electrons. The molecule has 0 spiro atoms. The summed E-state index contributed by atoms with van der Waals surface area (Å²) >= 11 is 0. The first kappa shape index (κ1) is 9.35. The average molecular weight is 218 g/mol. The second kappa shape index (κ2) is 3.31. The number of hydrogen-bond acceptors (Lipinski definition) is 3. The van der Waals surface area contributed by atoms with Crippen LogP contribution in [0.5, 0.6) is 0 Å². The van der Waals surface area contributed by atoms with E-state index in [1.807, 2.05) is 0 Å². The van der Waals surface area contributed by atoms with Gasteiger partial charge in [-0.15, -0.1) is 0 Å². The van der Waals surface area contributed by atoms with Crippen molar-refractivity contribution in [3.63, 3.8) is 0 Å². The number of aromatic nitrogens is 2. The van der Waals surface area contributed by atoms with Crippen LogP contribution in [0, 0.1) is 0 Å². The molecule has 1 fully saturated rings. The van der Waals surface area contributed by atoms with E-state index in [-0.39, 0.29) is 17.2 Å². The summed E-state index contributed by atoms with van der Waals surface area (Å²) in [7, 11) is 0. The predicted molar refractivity (Wildman–Crippen MR) is 58.6 cm³/mol. The summed E-state index contributed by atoms with van der Waals surface area (Å²) in [6.07, 6.45) is 0.0644. The summed E-state index contributed by atoms with van der Waals surface area (Å²) in [4.78, 5) is 23.7. The van der Waals surface area contributed by atoms with E-state index in [0.717, 1.165) is 0 Å². The highest BCUT2D eigenvalue weighted by molar-refractivity contribution is 5.80. The van der Waals surface area contributed by atoms with Gasteiger partial charge in [0, 0.05) is 0 Å². The SMILES string of the molecule is O=c1[nH]n(CC2CO2)c(=O)c2ccccc12. The van der Waals surface area contributed by atoms with Crippen LogP contribution in [0.1, 0.15) is 0 Å². The molecule has 0 radical (unpaired) electrons. The van der Waals surface area contributed by atoms with Gasteiger partial charge in [0.2, 0.25) is 0 Å². The third-order valence-corrected chi connectivity index (χ3v) is 2.67. The van der Waals surface area contributed by atoms with Crippen molar-refractivity contribution in [2.75, 3.05) is 6.61 Å². The number of nitrogens with zero attached hydrogens (tertiary/aromatic N) is 1. The minimum atomic E-state index is -0.240. The zero-order valence-electron chi connectivity index (χ0n) is 8.47. The van der Waals surface area contributed by atoms with Crippen molar-refractivity contribution in [1.29, 1.82) is 0 Å². The third kappa shape index (κ3) is 1.45. The number of ether oxygens (including phenoxy) is 1. The number of nitrogens with one attached hydrogen (secondary N) is 1. The number of epoxide rings is 1. The molecule has 1 saturated heterocycles. The maximum absolute atomic E-state index is 12.0. The topological polar surface area (TPSA) is 67.4 Å². The summed E-state index contributed by atoms with van der Waals surface area (Å²) in [5.74, 6) is 0. The Hall–Kier alpha value is -1.88. The molecule has 5 nitrogen and oxygen atoms in total. The van der Waals surface area contributed by atoms with Crippen LogP contribution in [-0.4, -0.2) is 22.5 Å². The fourth-order valence-electron chi connectivity index (χ4n) is 1.75. The van der Waals surface area contributed by atoms with Crippen molar-refractivity contribution in [3.05, 3.63) is 45.0 Å². The lowest BCUT2D eigenvalue weighted by Crippen LogP contribution is -2.31. The fraction of sp³-hybridized carbons (Fsp3) is 0.273. The molecule has 1 atom stereocenters. The Morgan fingerprint density at radius 2 is 2.00 bits per heavy atom. The largest absolute Gasteiger partial charge is 0.371 e. The molecular formula is C11H10N2O3. The van der Waals surface area contributed by atoms with Gasteiger partial charge in [0.15, 0.2) is 0 Å². The first-order chi connectivity index (χ1) is 7.75. The van der Waals surface area contributed by atoms with Crippen LogP contribution in [0.25, 0.3) is 10.8 Å². The first-order valence-electron chi connectivity index (χ1n) is 5.09. The molecule has 3 rings (SSSR count). The van der Waals surface area contributed by atoms with Crippen LogP contribution in [0.2, 0.25) is 0 Å². The maximum Gasteiger partial charge on any atom is 0.273 e. The lowest BCUT2D eigenvalue weighted by molar-refractivity contribution is 0.368. The number of rotatable bonds is 2. The van der Waals surface area contributed by atoms with Gasteiger partial charge in [-0.1, -0.05) is 12.1 Å². The third-order valence-electron chi connectivity index (χ3n) is 2.67. The Morgan fingerprint density at radius 1 is 1.31 bits per heavy atom. The highest BCUT2D eigenvalue weighted by atomic mass is 16.6. The van der Waals surface area contributed by atoms with Crippen LogP contribution in [0.3, 0.4) is 0 Å². The van der Waals surface area contributed by atoms with E-state index >= 15 is 0 Å². The highest BCUT2D eigenvalue weighted by Crippen LogP contribution is 2.10. The first-order valence-corrected chi connectivity index (χ1v) is 5.09. The van der Waals surface area contributed by atoms with Gasteiger partial charge in [-0.25, -0.2) is 4.68 Å². The molecule has 5 heteroatoms. The summed E-state index contributed by atoms with van der Waals surface area (Å²) in [6.45, 7) is 1.07. The van der Waals surface area contributed by atoms with Crippen LogP contribution in [0.15, 0.2) is 33.9 Å². The fourth-order valence-corrected chi connectivity index (χ4v) is 1.75. The van der Waals surface area contributed by atoms with Gasteiger partial charge in [-0.2, -0.15) is 0 Å². The standard InChI is InChI=1S/C11H10N2O3/c14-10-8-3-1-2-4-9(8)11(15)13(12-10)5-7-6-16-7/h1-4,7H,5-6H2,(H,12,14). The van der Waals surface area contributed by atoms with E-state index in [1.165, 1.54) is 4.68 Å². The second-order valence-corrected chi connectivity index (χ2v) is 3.86. The Kier molecular flexibility index (Phi) is 1.94. The number of benzene rings is 1. The number of hydrogen-bond donors (Lipinski definition) is 1. The minimum absolute atomic E-state index is 0.0644. The van der Waals surface area contributed by atoms with Crippen LogP contribution >= 0.6 is 0 Å². The zero-order valence-corrected chi connectivity index (χ0v) is 8.47. The van der Waals surface area contributed by atoms with Gasteiger partial charge in [-0.3, -0.25) is 14.7 Å². The van der Waals surface area contributed by atoms with E-state index in [0.29, 0.717) is 23.9 Å². The molecule has 0 saturated carbocycles. The molecular weight excluding hydrogens is 208 g/mol. The van der Waals surface area contributed by atoms with Crippen molar-refractivity contribution in [2.24, 2.45) is 0 Å². The Morgan fingerprint density at radius 3 is 2.69 bits per heavy atom. The zero-order chi connectivity index (χ0) is 11.1. The van der Waals surface area contributed by atoms with E-state index in [2.05, 4.69) is 5.10 Å². The van der Waals surface area contributed by atoms with Crippen molar-refractivity contribution in [1.82, 2.24) is 9.78 Å². The van der Waals surface area contributed by atoms with Crippen LogP contribution in [-0.2, 0) is 11.3 Å². The smallest absolute Gasteiger partial charge is 0.273 e. The molecule has 1 unspecified atom stereocenters. The number of fused-ring (bicyclic) bond motifs is 1. The van der Waals surface area contributed by atoms with Gasteiger partial charge >= 0.3 is 0 Å². The summed E-state index contributed by atoms with van der Waals surface area (Å²) in [6, 6.07) is 6.80. The highest BCUT2D eigenvalue weighted by Gasteiger charge is 2.24. The van der Waals surface area contributed by atoms with Crippen molar-refractivity contribution in [3.8, 4) is 0 Å². The monoisotopic (exact) mass is 218 g/mol. The summed E-state index contributed by atoms with van der Waals surface area (Å²) < 4.78 is 6.36.